The first kappa shape index (κ1) is 18.3. The number of carbonyl (C=O) groups excluding carboxylic acids is 2. The van der Waals surface area contributed by atoms with E-state index in [9.17, 15) is 9.59 Å². The summed E-state index contributed by atoms with van der Waals surface area (Å²) < 4.78 is 0. The molecule has 5 nitrogen and oxygen atoms in total. The zero-order chi connectivity index (χ0) is 18.7. The van der Waals surface area contributed by atoms with Gasteiger partial charge in [0.05, 0.1) is 0 Å². The number of rotatable bonds is 4. The third-order valence-electron chi connectivity index (χ3n) is 4.70. The molecule has 26 heavy (non-hydrogen) atoms. The summed E-state index contributed by atoms with van der Waals surface area (Å²) in [7, 11) is 1.65. The first-order valence-corrected chi connectivity index (χ1v) is 8.96. The van der Waals surface area contributed by atoms with Crippen LogP contribution in [0.4, 0.5) is 10.5 Å². The molecule has 0 saturated carbocycles. The zero-order valence-electron chi connectivity index (χ0n) is 14.9. The van der Waals surface area contributed by atoms with Crippen molar-refractivity contribution in [3.63, 3.8) is 0 Å². The number of carbonyl (C=O) groups is 2. The Hall–Kier alpha value is -2.53. The number of hydrogen-bond donors (Lipinski definition) is 1. The maximum atomic E-state index is 12.7. The van der Waals surface area contributed by atoms with E-state index >= 15 is 0 Å². The molecule has 6 heteroatoms. The summed E-state index contributed by atoms with van der Waals surface area (Å²) in [5, 5.41) is 3.40. The lowest BCUT2D eigenvalue weighted by Crippen LogP contribution is -2.44. The summed E-state index contributed by atoms with van der Waals surface area (Å²) >= 11 is 6.10. The van der Waals surface area contributed by atoms with Crippen molar-refractivity contribution < 1.29 is 9.59 Å². The number of anilines is 1. The minimum atomic E-state index is -0.445. The predicted molar refractivity (Wildman–Crippen MR) is 103 cm³/mol. The minimum Gasteiger partial charge on any atom is -0.336 e. The Morgan fingerprint density at radius 3 is 2.69 bits per heavy atom. The van der Waals surface area contributed by atoms with E-state index < -0.39 is 6.04 Å². The highest BCUT2D eigenvalue weighted by Crippen LogP contribution is 2.22. The fourth-order valence-corrected chi connectivity index (χ4v) is 3.25. The van der Waals surface area contributed by atoms with Crippen molar-refractivity contribution in [3.8, 4) is 0 Å². The van der Waals surface area contributed by atoms with Crippen LogP contribution in [0.2, 0.25) is 5.02 Å². The van der Waals surface area contributed by atoms with Crippen LogP contribution in [0.15, 0.2) is 48.5 Å². The highest BCUT2D eigenvalue weighted by atomic mass is 35.5. The van der Waals surface area contributed by atoms with Crippen LogP contribution < -0.4 is 5.32 Å². The first-order chi connectivity index (χ1) is 12.5. The Balaban J connectivity index is 1.62. The summed E-state index contributed by atoms with van der Waals surface area (Å²) in [4.78, 5) is 28.5. The molecule has 1 aliphatic rings. The molecule has 0 aliphatic carbocycles. The largest absolute Gasteiger partial charge is 0.336 e. The van der Waals surface area contributed by atoms with Crippen LogP contribution in [0.3, 0.4) is 0 Å². The van der Waals surface area contributed by atoms with Gasteiger partial charge in [-0.3, -0.25) is 4.79 Å². The molecule has 1 aliphatic heterocycles. The maximum absolute atomic E-state index is 12.7. The van der Waals surface area contributed by atoms with E-state index in [0.29, 0.717) is 30.2 Å². The summed E-state index contributed by atoms with van der Waals surface area (Å²) in [6.07, 6.45) is 0.629. The summed E-state index contributed by atoms with van der Waals surface area (Å²) in [6.45, 7) is 3.12. The SMILES string of the molecule is Cc1ccc(NC(=O)N(C)[C@@H]2CCN(Cc3ccccc3)C2=O)cc1Cl. The molecular weight excluding hydrogens is 350 g/mol. The Bertz CT molecular complexity index is 810. The van der Waals surface area contributed by atoms with E-state index in [2.05, 4.69) is 5.32 Å². The lowest BCUT2D eigenvalue weighted by Gasteiger charge is -2.24. The Morgan fingerprint density at radius 1 is 1.27 bits per heavy atom. The van der Waals surface area contributed by atoms with Crippen molar-refractivity contribution in [3.05, 3.63) is 64.7 Å². The van der Waals surface area contributed by atoms with Crippen molar-refractivity contribution in [2.24, 2.45) is 0 Å². The van der Waals surface area contributed by atoms with Gasteiger partial charge < -0.3 is 15.1 Å². The standard InChI is InChI=1S/C20H22ClN3O2/c1-14-8-9-16(12-17(14)21)22-20(26)23(2)18-10-11-24(19(18)25)13-15-6-4-3-5-7-15/h3-9,12,18H,10-11,13H2,1-2H3,(H,22,26)/t18-/m1/s1. The number of urea groups is 1. The number of aryl methyl sites for hydroxylation is 1. The molecule has 1 saturated heterocycles. The number of benzene rings is 2. The number of nitrogens with one attached hydrogen (secondary N) is 1. The fourth-order valence-electron chi connectivity index (χ4n) is 3.07. The van der Waals surface area contributed by atoms with E-state index in [1.165, 1.54) is 4.90 Å². The molecule has 0 aromatic heterocycles. The van der Waals surface area contributed by atoms with Gasteiger partial charge in [0.25, 0.3) is 0 Å². The third-order valence-corrected chi connectivity index (χ3v) is 5.10. The van der Waals surface area contributed by atoms with Crippen LogP contribution in [-0.4, -0.2) is 41.4 Å². The van der Waals surface area contributed by atoms with E-state index in [-0.39, 0.29) is 11.9 Å². The second-order valence-corrected chi connectivity index (χ2v) is 6.96. The van der Waals surface area contributed by atoms with Gasteiger partial charge in [-0.2, -0.15) is 0 Å². The smallest absolute Gasteiger partial charge is 0.322 e. The predicted octanol–water partition coefficient (Wildman–Crippen LogP) is 3.91. The van der Waals surface area contributed by atoms with Crippen LogP contribution in [0.1, 0.15) is 17.5 Å². The van der Waals surface area contributed by atoms with Crippen LogP contribution in [0, 0.1) is 6.92 Å². The molecule has 1 N–H and O–H groups in total. The molecule has 1 fully saturated rings. The number of likely N-dealkylation sites (tertiary alicyclic amines) is 1. The highest BCUT2D eigenvalue weighted by Gasteiger charge is 2.36. The molecule has 1 atom stereocenters. The normalized spacial score (nSPS) is 16.7. The van der Waals surface area contributed by atoms with Crippen molar-refractivity contribution in [2.45, 2.75) is 25.9 Å². The molecule has 1 heterocycles. The lowest BCUT2D eigenvalue weighted by molar-refractivity contribution is -0.131. The van der Waals surface area contributed by atoms with Gasteiger partial charge in [0.2, 0.25) is 5.91 Å². The topological polar surface area (TPSA) is 52.7 Å². The molecule has 136 valence electrons. The average molecular weight is 372 g/mol. The van der Waals surface area contributed by atoms with Crippen molar-refractivity contribution in [1.29, 1.82) is 0 Å². The molecule has 0 spiro atoms. The molecule has 0 radical (unpaired) electrons. The van der Waals surface area contributed by atoms with Crippen LogP contribution in [0.5, 0.6) is 0 Å². The van der Waals surface area contributed by atoms with Gasteiger partial charge in [0, 0.05) is 30.8 Å². The van der Waals surface area contributed by atoms with Gasteiger partial charge >= 0.3 is 6.03 Å². The van der Waals surface area contributed by atoms with E-state index in [1.54, 1.807) is 24.1 Å². The number of likely N-dealkylation sites (N-methyl/N-ethyl adjacent to an activating group) is 1. The second-order valence-electron chi connectivity index (χ2n) is 6.55. The Labute approximate surface area is 158 Å². The van der Waals surface area contributed by atoms with Gasteiger partial charge in [-0.25, -0.2) is 4.79 Å². The molecular formula is C20H22ClN3O2. The fraction of sp³-hybridized carbons (Fsp3) is 0.300. The first-order valence-electron chi connectivity index (χ1n) is 8.58. The molecule has 0 unspecified atom stereocenters. The Morgan fingerprint density at radius 2 is 2.00 bits per heavy atom. The summed E-state index contributed by atoms with van der Waals surface area (Å²) in [5.41, 5.74) is 2.65. The van der Waals surface area contributed by atoms with Gasteiger partial charge in [0.15, 0.2) is 0 Å². The van der Waals surface area contributed by atoms with E-state index in [1.807, 2.05) is 43.3 Å². The van der Waals surface area contributed by atoms with Crippen molar-refractivity contribution in [1.82, 2.24) is 9.80 Å². The molecule has 3 rings (SSSR count). The average Bonchev–Trinajstić information content (AvgIpc) is 2.99. The molecule has 0 bridgehead atoms. The zero-order valence-corrected chi connectivity index (χ0v) is 15.7. The summed E-state index contributed by atoms with van der Waals surface area (Å²) in [5.74, 6) is -0.0200. The second kappa shape index (κ2) is 7.79. The molecule has 2 aromatic carbocycles. The Kier molecular flexibility index (Phi) is 5.47. The van der Waals surface area contributed by atoms with E-state index in [4.69, 9.17) is 11.6 Å². The van der Waals surface area contributed by atoms with Crippen molar-refractivity contribution >= 4 is 29.2 Å². The number of nitrogens with zero attached hydrogens (tertiary/aromatic N) is 2. The van der Waals surface area contributed by atoms with Gasteiger partial charge in [-0.15, -0.1) is 0 Å². The minimum absolute atomic E-state index is 0.0200. The quantitative estimate of drug-likeness (QED) is 0.885. The summed E-state index contributed by atoms with van der Waals surface area (Å²) in [6, 6.07) is 14.5. The highest BCUT2D eigenvalue weighted by molar-refractivity contribution is 6.31. The number of halogens is 1. The molecule has 2 aromatic rings. The van der Waals surface area contributed by atoms with Gasteiger partial charge in [-0.05, 0) is 36.6 Å². The molecule has 3 amide bonds. The number of hydrogen-bond acceptors (Lipinski definition) is 2. The third kappa shape index (κ3) is 3.99. The lowest BCUT2D eigenvalue weighted by atomic mass is 10.2. The van der Waals surface area contributed by atoms with Crippen molar-refractivity contribution in [2.75, 3.05) is 18.9 Å². The van der Waals surface area contributed by atoms with Crippen LogP contribution >= 0.6 is 11.6 Å². The maximum Gasteiger partial charge on any atom is 0.322 e. The van der Waals surface area contributed by atoms with Gasteiger partial charge in [0.1, 0.15) is 6.04 Å². The van der Waals surface area contributed by atoms with Gasteiger partial charge in [-0.1, -0.05) is 48.0 Å². The number of amides is 3. The van der Waals surface area contributed by atoms with E-state index in [0.717, 1.165) is 11.1 Å². The van der Waals surface area contributed by atoms with Crippen LogP contribution in [0.25, 0.3) is 0 Å². The van der Waals surface area contributed by atoms with Crippen LogP contribution in [-0.2, 0) is 11.3 Å². The monoisotopic (exact) mass is 371 g/mol.